The predicted molar refractivity (Wildman–Crippen MR) is 56.4 cm³/mol. The van der Waals surface area contributed by atoms with Crippen molar-refractivity contribution in [3.05, 3.63) is 0 Å². The molecular formula is C10H20N2O3. The summed E-state index contributed by atoms with van der Waals surface area (Å²) in [4.78, 5) is 11.8. The Hall–Kier alpha value is -0.650. The summed E-state index contributed by atoms with van der Waals surface area (Å²) in [7, 11) is 1.60. The Balaban J connectivity index is 2.53. The molecule has 1 rings (SSSR count). The number of nitrogens with two attached hydrogens (primary N) is 1. The van der Waals surface area contributed by atoms with Gasteiger partial charge in [0.05, 0.1) is 12.0 Å². The average molecular weight is 216 g/mol. The van der Waals surface area contributed by atoms with Gasteiger partial charge in [-0.15, -0.1) is 0 Å². The molecule has 5 nitrogen and oxygen atoms in total. The van der Waals surface area contributed by atoms with Crippen molar-refractivity contribution in [2.75, 3.05) is 26.7 Å². The van der Waals surface area contributed by atoms with E-state index in [1.165, 1.54) is 0 Å². The molecule has 0 saturated carbocycles. The first kappa shape index (κ1) is 12.4. The SMILES string of the molecule is CO[C@@H]1CNC[C@@H]1C(=O)OC(C)(C)CN. The van der Waals surface area contributed by atoms with E-state index < -0.39 is 5.60 Å². The van der Waals surface area contributed by atoms with Gasteiger partial charge in [-0.25, -0.2) is 0 Å². The maximum Gasteiger partial charge on any atom is 0.313 e. The average Bonchev–Trinajstić information content (AvgIpc) is 2.64. The van der Waals surface area contributed by atoms with Crippen LogP contribution in [0.15, 0.2) is 0 Å². The van der Waals surface area contributed by atoms with E-state index in [1.807, 2.05) is 0 Å². The molecule has 88 valence electrons. The standard InChI is InChI=1S/C10H20N2O3/c1-10(2,6-11)15-9(13)7-4-12-5-8(7)14-3/h7-8,12H,4-6,11H2,1-3H3/t7-,8+/m0/s1. The molecular weight excluding hydrogens is 196 g/mol. The molecule has 1 aliphatic heterocycles. The lowest BCUT2D eigenvalue weighted by Crippen LogP contribution is -2.40. The van der Waals surface area contributed by atoms with E-state index in [2.05, 4.69) is 5.32 Å². The van der Waals surface area contributed by atoms with E-state index in [0.717, 1.165) is 0 Å². The monoisotopic (exact) mass is 216 g/mol. The second-order valence-corrected chi connectivity index (χ2v) is 4.42. The Morgan fingerprint density at radius 3 is 2.73 bits per heavy atom. The molecule has 1 fully saturated rings. The van der Waals surface area contributed by atoms with E-state index in [0.29, 0.717) is 19.6 Å². The lowest BCUT2D eigenvalue weighted by molar-refractivity contribution is -0.163. The van der Waals surface area contributed by atoms with Crippen molar-refractivity contribution < 1.29 is 14.3 Å². The van der Waals surface area contributed by atoms with Crippen LogP contribution in [0.4, 0.5) is 0 Å². The van der Waals surface area contributed by atoms with Crippen molar-refractivity contribution in [2.45, 2.75) is 25.6 Å². The molecule has 0 aromatic rings. The van der Waals surface area contributed by atoms with Gasteiger partial charge >= 0.3 is 5.97 Å². The van der Waals surface area contributed by atoms with Crippen LogP contribution in [0.25, 0.3) is 0 Å². The lowest BCUT2D eigenvalue weighted by Gasteiger charge is -2.26. The van der Waals surface area contributed by atoms with Crippen LogP contribution in [0.2, 0.25) is 0 Å². The van der Waals surface area contributed by atoms with Gasteiger partial charge in [0.15, 0.2) is 0 Å². The summed E-state index contributed by atoms with van der Waals surface area (Å²) in [6.07, 6.45) is -0.0916. The molecule has 15 heavy (non-hydrogen) atoms. The fraction of sp³-hybridized carbons (Fsp3) is 0.900. The smallest absolute Gasteiger partial charge is 0.313 e. The fourth-order valence-corrected chi connectivity index (χ4v) is 1.53. The van der Waals surface area contributed by atoms with Crippen molar-refractivity contribution in [2.24, 2.45) is 11.7 Å². The zero-order chi connectivity index (χ0) is 11.5. The van der Waals surface area contributed by atoms with Crippen LogP contribution in [0.1, 0.15) is 13.8 Å². The van der Waals surface area contributed by atoms with Gasteiger partial charge in [0.25, 0.3) is 0 Å². The zero-order valence-electron chi connectivity index (χ0n) is 9.58. The van der Waals surface area contributed by atoms with E-state index in [9.17, 15) is 4.79 Å². The number of rotatable bonds is 4. The Kier molecular flexibility index (Phi) is 4.07. The summed E-state index contributed by atoms with van der Waals surface area (Å²) in [6.45, 7) is 5.22. The molecule has 1 saturated heterocycles. The minimum Gasteiger partial charge on any atom is -0.458 e. The fourth-order valence-electron chi connectivity index (χ4n) is 1.53. The minimum absolute atomic E-state index is 0.0916. The summed E-state index contributed by atoms with van der Waals surface area (Å²) in [6, 6.07) is 0. The van der Waals surface area contributed by atoms with Gasteiger partial charge in [0.1, 0.15) is 5.60 Å². The van der Waals surface area contributed by atoms with Crippen LogP contribution >= 0.6 is 0 Å². The van der Waals surface area contributed by atoms with Crippen LogP contribution in [-0.2, 0) is 14.3 Å². The van der Waals surface area contributed by atoms with Gasteiger partial charge < -0.3 is 20.5 Å². The third kappa shape index (κ3) is 3.15. The predicted octanol–water partition coefficient (Wildman–Crippen LogP) is -0.499. The summed E-state index contributed by atoms with van der Waals surface area (Å²) in [5.41, 5.74) is 4.90. The van der Waals surface area contributed by atoms with E-state index in [-0.39, 0.29) is 18.0 Å². The third-order valence-corrected chi connectivity index (χ3v) is 2.63. The summed E-state index contributed by atoms with van der Waals surface area (Å²) in [5.74, 6) is -0.455. The van der Waals surface area contributed by atoms with Gasteiger partial charge in [-0.05, 0) is 13.8 Å². The first-order valence-electron chi connectivity index (χ1n) is 5.16. The number of carbonyl (C=O) groups is 1. The lowest BCUT2D eigenvalue weighted by atomic mass is 10.1. The van der Waals surface area contributed by atoms with Crippen molar-refractivity contribution in [3.63, 3.8) is 0 Å². The Morgan fingerprint density at radius 2 is 2.20 bits per heavy atom. The first-order valence-corrected chi connectivity index (χ1v) is 5.16. The second-order valence-electron chi connectivity index (χ2n) is 4.42. The number of hydrogen-bond donors (Lipinski definition) is 2. The van der Waals surface area contributed by atoms with Crippen molar-refractivity contribution >= 4 is 5.97 Å². The Labute approximate surface area is 90.3 Å². The molecule has 2 atom stereocenters. The Bertz CT molecular complexity index is 231. The maximum absolute atomic E-state index is 11.8. The van der Waals surface area contributed by atoms with Crippen LogP contribution in [0.5, 0.6) is 0 Å². The third-order valence-electron chi connectivity index (χ3n) is 2.63. The highest BCUT2D eigenvalue weighted by molar-refractivity contribution is 5.74. The Morgan fingerprint density at radius 1 is 1.53 bits per heavy atom. The largest absolute Gasteiger partial charge is 0.458 e. The molecule has 0 bridgehead atoms. The topological polar surface area (TPSA) is 73.6 Å². The van der Waals surface area contributed by atoms with Gasteiger partial charge in [-0.3, -0.25) is 4.79 Å². The van der Waals surface area contributed by atoms with Crippen LogP contribution in [-0.4, -0.2) is 44.4 Å². The molecule has 0 aromatic carbocycles. The normalized spacial score (nSPS) is 26.7. The van der Waals surface area contributed by atoms with Crippen molar-refractivity contribution in [1.82, 2.24) is 5.32 Å². The van der Waals surface area contributed by atoms with Crippen molar-refractivity contribution in [1.29, 1.82) is 0 Å². The number of ether oxygens (including phenoxy) is 2. The molecule has 0 radical (unpaired) electrons. The molecule has 0 amide bonds. The number of nitrogens with one attached hydrogen (secondary N) is 1. The number of hydrogen-bond acceptors (Lipinski definition) is 5. The highest BCUT2D eigenvalue weighted by Crippen LogP contribution is 2.17. The molecule has 0 unspecified atom stereocenters. The van der Waals surface area contributed by atoms with Crippen LogP contribution < -0.4 is 11.1 Å². The number of esters is 1. The zero-order valence-corrected chi connectivity index (χ0v) is 9.58. The van der Waals surface area contributed by atoms with E-state index >= 15 is 0 Å². The van der Waals surface area contributed by atoms with E-state index in [4.69, 9.17) is 15.2 Å². The quantitative estimate of drug-likeness (QED) is 0.620. The summed E-state index contributed by atoms with van der Waals surface area (Å²) < 4.78 is 10.5. The molecule has 3 N–H and O–H groups in total. The highest BCUT2D eigenvalue weighted by Gasteiger charge is 2.36. The molecule has 5 heteroatoms. The molecule has 1 aliphatic rings. The van der Waals surface area contributed by atoms with Gasteiger partial charge in [0, 0.05) is 26.7 Å². The molecule has 0 spiro atoms. The summed E-state index contributed by atoms with van der Waals surface area (Å²) in [5, 5.41) is 3.10. The van der Waals surface area contributed by atoms with Gasteiger partial charge in [0.2, 0.25) is 0 Å². The van der Waals surface area contributed by atoms with Gasteiger partial charge in [-0.2, -0.15) is 0 Å². The van der Waals surface area contributed by atoms with E-state index in [1.54, 1.807) is 21.0 Å². The number of carbonyl (C=O) groups excluding carboxylic acids is 1. The highest BCUT2D eigenvalue weighted by atomic mass is 16.6. The summed E-state index contributed by atoms with van der Waals surface area (Å²) >= 11 is 0. The van der Waals surface area contributed by atoms with Crippen LogP contribution in [0.3, 0.4) is 0 Å². The van der Waals surface area contributed by atoms with Gasteiger partial charge in [-0.1, -0.05) is 0 Å². The van der Waals surface area contributed by atoms with Crippen LogP contribution in [0, 0.1) is 5.92 Å². The molecule has 1 heterocycles. The molecule has 0 aromatic heterocycles. The minimum atomic E-state index is -0.599. The number of methoxy groups -OCH3 is 1. The first-order chi connectivity index (χ1) is 7.00. The maximum atomic E-state index is 11.8. The van der Waals surface area contributed by atoms with Crippen molar-refractivity contribution in [3.8, 4) is 0 Å². The second kappa shape index (κ2) is 4.92. The molecule has 0 aliphatic carbocycles.